The molecule has 146 valence electrons. The average Bonchev–Trinajstić information content (AvgIpc) is 3.28. The molecule has 4 aromatic rings. The van der Waals surface area contributed by atoms with Crippen LogP contribution >= 0.6 is 0 Å². The van der Waals surface area contributed by atoms with E-state index in [0.717, 1.165) is 27.8 Å². The van der Waals surface area contributed by atoms with Gasteiger partial charge in [0.2, 0.25) is 5.75 Å². The van der Waals surface area contributed by atoms with Gasteiger partial charge in [0.25, 0.3) is 0 Å². The highest BCUT2D eigenvalue weighted by Gasteiger charge is 2.19. The number of benzene rings is 2. The second-order valence-electron chi connectivity index (χ2n) is 6.31. The minimum atomic E-state index is 0.532. The van der Waals surface area contributed by atoms with Crippen LogP contribution in [0.4, 0.5) is 0 Å². The van der Waals surface area contributed by atoms with Crippen molar-refractivity contribution in [3.63, 3.8) is 0 Å². The molecule has 0 saturated heterocycles. The minimum absolute atomic E-state index is 0.532. The molecular formula is C23H20N2O4. The molecule has 0 atom stereocenters. The molecule has 0 radical (unpaired) electrons. The summed E-state index contributed by atoms with van der Waals surface area (Å²) in [5, 5.41) is 4.21. The van der Waals surface area contributed by atoms with Crippen LogP contribution in [0.3, 0.4) is 0 Å². The number of aromatic nitrogens is 2. The molecule has 0 bridgehead atoms. The fourth-order valence-corrected chi connectivity index (χ4v) is 3.24. The van der Waals surface area contributed by atoms with E-state index in [9.17, 15) is 0 Å². The number of hydrogen-bond donors (Lipinski definition) is 0. The predicted molar refractivity (Wildman–Crippen MR) is 110 cm³/mol. The van der Waals surface area contributed by atoms with E-state index in [1.807, 2.05) is 42.6 Å². The first kappa shape index (κ1) is 18.6. The number of pyridine rings is 1. The Labute approximate surface area is 168 Å². The zero-order valence-corrected chi connectivity index (χ0v) is 16.4. The largest absolute Gasteiger partial charge is 0.493 e. The summed E-state index contributed by atoms with van der Waals surface area (Å²) in [5.74, 6) is 1.65. The van der Waals surface area contributed by atoms with Crippen molar-refractivity contribution in [2.45, 2.75) is 0 Å². The first-order valence-electron chi connectivity index (χ1n) is 9.00. The molecule has 0 unspecified atom stereocenters. The smallest absolute Gasteiger partial charge is 0.203 e. The van der Waals surface area contributed by atoms with E-state index in [0.29, 0.717) is 22.9 Å². The molecule has 0 aliphatic carbocycles. The van der Waals surface area contributed by atoms with Gasteiger partial charge in [0.1, 0.15) is 12.0 Å². The van der Waals surface area contributed by atoms with E-state index in [1.165, 1.54) is 0 Å². The third-order valence-corrected chi connectivity index (χ3v) is 4.70. The summed E-state index contributed by atoms with van der Waals surface area (Å²) in [6.45, 7) is 0. The van der Waals surface area contributed by atoms with E-state index in [2.05, 4.69) is 22.3 Å². The molecule has 0 saturated carbocycles. The van der Waals surface area contributed by atoms with Crippen LogP contribution in [0, 0.1) is 0 Å². The monoisotopic (exact) mass is 388 g/mol. The molecule has 29 heavy (non-hydrogen) atoms. The Morgan fingerprint density at radius 2 is 1.45 bits per heavy atom. The standard InChI is InChI=1S/C23H20N2O4/c1-26-20-11-18(12-21(27-2)23(20)28-3)22-19(14-29-25-22)16-8-6-15(7-9-16)17-5-4-10-24-13-17/h4-14H,1-3H3. The Balaban J connectivity index is 1.74. The molecular weight excluding hydrogens is 368 g/mol. The van der Waals surface area contributed by atoms with Crippen molar-refractivity contribution in [1.82, 2.24) is 10.1 Å². The van der Waals surface area contributed by atoms with Gasteiger partial charge in [0.15, 0.2) is 11.5 Å². The van der Waals surface area contributed by atoms with Crippen molar-refractivity contribution < 1.29 is 18.7 Å². The van der Waals surface area contributed by atoms with Crippen LogP contribution in [-0.4, -0.2) is 31.5 Å². The average molecular weight is 388 g/mol. The lowest BCUT2D eigenvalue weighted by Crippen LogP contribution is -1.96. The Kier molecular flexibility index (Phi) is 5.16. The van der Waals surface area contributed by atoms with E-state index in [-0.39, 0.29) is 0 Å². The summed E-state index contributed by atoms with van der Waals surface area (Å²) in [5.41, 5.74) is 5.51. The maximum absolute atomic E-state index is 5.46. The highest BCUT2D eigenvalue weighted by molar-refractivity contribution is 5.83. The van der Waals surface area contributed by atoms with Crippen LogP contribution in [0.5, 0.6) is 17.2 Å². The number of rotatable bonds is 6. The van der Waals surface area contributed by atoms with Crippen LogP contribution in [0.2, 0.25) is 0 Å². The second kappa shape index (κ2) is 8.06. The van der Waals surface area contributed by atoms with Crippen molar-refractivity contribution in [1.29, 1.82) is 0 Å². The lowest BCUT2D eigenvalue weighted by atomic mass is 9.99. The topological polar surface area (TPSA) is 66.6 Å². The van der Waals surface area contributed by atoms with Crippen LogP contribution in [0.1, 0.15) is 0 Å². The Morgan fingerprint density at radius 3 is 2.03 bits per heavy atom. The number of ether oxygens (including phenoxy) is 3. The van der Waals surface area contributed by atoms with Crippen LogP contribution < -0.4 is 14.2 Å². The fraction of sp³-hybridized carbons (Fsp3) is 0.130. The predicted octanol–water partition coefficient (Wildman–Crippen LogP) is 5.10. The van der Waals surface area contributed by atoms with Crippen molar-refractivity contribution in [2.24, 2.45) is 0 Å². The third kappa shape index (κ3) is 3.52. The molecule has 0 amide bonds. The number of methoxy groups -OCH3 is 3. The second-order valence-corrected chi connectivity index (χ2v) is 6.31. The molecule has 2 heterocycles. The molecule has 6 nitrogen and oxygen atoms in total. The minimum Gasteiger partial charge on any atom is -0.493 e. The number of nitrogens with zero attached hydrogens (tertiary/aromatic N) is 2. The van der Waals surface area contributed by atoms with E-state index >= 15 is 0 Å². The molecule has 4 rings (SSSR count). The van der Waals surface area contributed by atoms with Gasteiger partial charge in [-0.25, -0.2) is 0 Å². The van der Waals surface area contributed by atoms with Gasteiger partial charge in [-0.2, -0.15) is 0 Å². The third-order valence-electron chi connectivity index (χ3n) is 4.70. The summed E-state index contributed by atoms with van der Waals surface area (Å²) in [6.07, 6.45) is 5.24. The van der Waals surface area contributed by atoms with Crippen molar-refractivity contribution in [3.05, 3.63) is 67.2 Å². The molecule has 0 aliphatic heterocycles. The van der Waals surface area contributed by atoms with Gasteiger partial charge in [-0.15, -0.1) is 0 Å². The zero-order valence-electron chi connectivity index (χ0n) is 16.4. The van der Waals surface area contributed by atoms with Crippen LogP contribution in [0.25, 0.3) is 33.5 Å². The van der Waals surface area contributed by atoms with Gasteiger partial charge < -0.3 is 18.7 Å². The van der Waals surface area contributed by atoms with E-state index in [4.69, 9.17) is 18.7 Å². The number of hydrogen-bond acceptors (Lipinski definition) is 6. The molecule has 0 spiro atoms. The lowest BCUT2D eigenvalue weighted by molar-refractivity contribution is 0.324. The van der Waals surface area contributed by atoms with Crippen LogP contribution in [0.15, 0.2) is 71.7 Å². The zero-order chi connectivity index (χ0) is 20.2. The van der Waals surface area contributed by atoms with E-state index in [1.54, 1.807) is 33.8 Å². The highest BCUT2D eigenvalue weighted by Crippen LogP contribution is 2.43. The van der Waals surface area contributed by atoms with Gasteiger partial charge in [-0.3, -0.25) is 4.98 Å². The molecule has 0 aliphatic rings. The SMILES string of the molecule is COc1cc(-c2nocc2-c2ccc(-c3cccnc3)cc2)cc(OC)c1OC. The molecule has 2 aromatic heterocycles. The normalized spacial score (nSPS) is 10.6. The van der Waals surface area contributed by atoms with Gasteiger partial charge in [0.05, 0.1) is 21.3 Å². The Bertz CT molecular complexity index is 1080. The maximum atomic E-state index is 5.46. The summed E-state index contributed by atoms with van der Waals surface area (Å²) in [6, 6.07) is 15.8. The molecule has 2 aromatic carbocycles. The fourth-order valence-electron chi connectivity index (χ4n) is 3.24. The van der Waals surface area contributed by atoms with Crippen molar-refractivity contribution in [2.75, 3.05) is 21.3 Å². The first-order valence-corrected chi connectivity index (χ1v) is 9.00. The quantitative estimate of drug-likeness (QED) is 0.458. The molecule has 0 N–H and O–H groups in total. The molecule has 6 heteroatoms. The van der Waals surface area contributed by atoms with Gasteiger partial charge >= 0.3 is 0 Å². The highest BCUT2D eigenvalue weighted by atomic mass is 16.5. The van der Waals surface area contributed by atoms with Crippen molar-refractivity contribution in [3.8, 4) is 50.8 Å². The van der Waals surface area contributed by atoms with E-state index < -0.39 is 0 Å². The summed E-state index contributed by atoms with van der Waals surface area (Å²) in [4.78, 5) is 4.17. The van der Waals surface area contributed by atoms with Crippen LogP contribution in [-0.2, 0) is 0 Å². The Hall–Kier alpha value is -3.80. The molecule has 0 fully saturated rings. The van der Waals surface area contributed by atoms with Crippen molar-refractivity contribution >= 4 is 0 Å². The lowest BCUT2D eigenvalue weighted by Gasteiger charge is -2.13. The van der Waals surface area contributed by atoms with Gasteiger partial charge in [-0.1, -0.05) is 35.5 Å². The Morgan fingerprint density at radius 1 is 0.759 bits per heavy atom. The summed E-state index contributed by atoms with van der Waals surface area (Å²) < 4.78 is 21.6. The summed E-state index contributed by atoms with van der Waals surface area (Å²) in [7, 11) is 4.75. The first-order chi connectivity index (χ1) is 14.2. The summed E-state index contributed by atoms with van der Waals surface area (Å²) >= 11 is 0. The van der Waals surface area contributed by atoms with Gasteiger partial charge in [-0.05, 0) is 34.9 Å². The van der Waals surface area contributed by atoms with Gasteiger partial charge in [0, 0.05) is 23.5 Å². The maximum Gasteiger partial charge on any atom is 0.203 e.